The largest absolute Gasteiger partial charge is 0.451 e. The van der Waals surface area contributed by atoms with Crippen LogP contribution in [0.25, 0.3) is 11.5 Å². The maximum atomic E-state index is 12.3. The summed E-state index contributed by atoms with van der Waals surface area (Å²) in [5, 5.41) is 7.10. The molecule has 0 bridgehead atoms. The Hall–Kier alpha value is -3.39. The zero-order valence-electron chi connectivity index (χ0n) is 15.7. The summed E-state index contributed by atoms with van der Waals surface area (Å²) < 4.78 is 11.0. The van der Waals surface area contributed by atoms with Crippen molar-refractivity contribution in [2.45, 2.75) is 26.5 Å². The van der Waals surface area contributed by atoms with Crippen molar-refractivity contribution in [1.29, 1.82) is 0 Å². The van der Waals surface area contributed by atoms with Crippen LogP contribution in [-0.2, 0) is 20.9 Å². The van der Waals surface area contributed by atoms with E-state index in [1.807, 2.05) is 13.0 Å². The molecule has 9 heteroatoms. The van der Waals surface area contributed by atoms with Gasteiger partial charge in [-0.3, -0.25) is 9.59 Å². The number of nitrogens with one attached hydrogen (secondary N) is 1. The fourth-order valence-corrected chi connectivity index (χ4v) is 2.65. The molecule has 3 rings (SSSR count). The number of aryl methyl sites for hydroxylation is 1. The van der Waals surface area contributed by atoms with Crippen molar-refractivity contribution in [2.75, 3.05) is 5.32 Å². The molecule has 1 amide bonds. The quantitative estimate of drug-likeness (QED) is 0.620. The molecule has 2 aromatic carbocycles. The van der Waals surface area contributed by atoms with Gasteiger partial charge in [-0.05, 0) is 43.7 Å². The highest BCUT2D eigenvalue weighted by Crippen LogP contribution is 2.20. The van der Waals surface area contributed by atoms with E-state index in [-0.39, 0.29) is 5.89 Å². The lowest BCUT2D eigenvalue weighted by molar-refractivity contribution is -0.154. The Morgan fingerprint density at radius 3 is 2.69 bits per heavy atom. The van der Waals surface area contributed by atoms with Gasteiger partial charge in [0.2, 0.25) is 5.89 Å². The van der Waals surface area contributed by atoms with Crippen LogP contribution in [0.4, 0.5) is 5.69 Å². The van der Waals surface area contributed by atoms with Gasteiger partial charge in [0, 0.05) is 16.3 Å². The van der Waals surface area contributed by atoms with Gasteiger partial charge in [-0.2, -0.15) is 4.68 Å². The molecule has 0 radical (unpaired) electrons. The average Bonchev–Trinajstić information content (AvgIpc) is 3.05. The monoisotopic (exact) mass is 415 g/mol. The van der Waals surface area contributed by atoms with E-state index < -0.39 is 30.3 Å². The zero-order valence-corrected chi connectivity index (χ0v) is 16.5. The number of carbonyl (C=O) groups is 2. The molecule has 0 spiro atoms. The molecule has 0 saturated heterocycles. The normalized spacial score (nSPS) is 11.7. The SMILES string of the molecule is Cc1ccc(Cl)cc1NC(=O)[C@H](C)OC(=O)Cn1nc(-c2ccccc2)oc1=O. The topological polar surface area (TPSA) is 103 Å². The summed E-state index contributed by atoms with van der Waals surface area (Å²) in [7, 11) is 0. The van der Waals surface area contributed by atoms with Crippen molar-refractivity contribution in [1.82, 2.24) is 9.78 Å². The molecule has 3 aromatic rings. The number of ether oxygens (including phenoxy) is 1. The number of halogens is 1. The van der Waals surface area contributed by atoms with E-state index in [0.29, 0.717) is 16.3 Å². The molecule has 150 valence electrons. The minimum atomic E-state index is -1.09. The standard InChI is InChI=1S/C20H18ClN3O5/c1-12-8-9-15(21)10-16(12)22-18(26)13(2)28-17(25)11-24-20(27)29-19(23-24)14-6-4-3-5-7-14/h3-10,13H,11H2,1-2H3,(H,22,26)/t13-/m0/s1. The number of nitrogens with zero attached hydrogens (tertiary/aromatic N) is 2. The van der Waals surface area contributed by atoms with Crippen LogP contribution in [0.3, 0.4) is 0 Å². The Morgan fingerprint density at radius 2 is 1.97 bits per heavy atom. The first-order chi connectivity index (χ1) is 13.8. The Kier molecular flexibility index (Phi) is 6.13. The van der Waals surface area contributed by atoms with Gasteiger partial charge in [0.25, 0.3) is 5.91 Å². The van der Waals surface area contributed by atoms with Crippen molar-refractivity contribution in [3.8, 4) is 11.5 Å². The number of benzene rings is 2. The van der Waals surface area contributed by atoms with Crippen LogP contribution in [0, 0.1) is 6.92 Å². The molecule has 1 atom stereocenters. The van der Waals surface area contributed by atoms with Crippen molar-refractivity contribution < 1.29 is 18.7 Å². The second-order valence-corrected chi connectivity index (χ2v) is 6.71. The van der Waals surface area contributed by atoms with Crippen molar-refractivity contribution in [3.63, 3.8) is 0 Å². The van der Waals surface area contributed by atoms with Crippen LogP contribution in [0.2, 0.25) is 5.02 Å². The lowest BCUT2D eigenvalue weighted by Gasteiger charge is -2.14. The van der Waals surface area contributed by atoms with Crippen LogP contribution < -0.4 is 11.1 Å². The molecule has 8 nitrogen and oxygen atoms in total. The lowest BCUT2D eigenvalue weighted by Crippen LogP contribution is -2.32. The number of esters is 1. The molecular weight excluding hydrogens is 398 g/mol. The van der Waals surface area contributed by atoms with Gasteiger partial charge in [-0.1, -0.05) is 35.9 Å². The smallest absolute Gasteiger partial charge is 0.437 e. The molecule has 0 unspecified atom stereocenters. The van der Waals surface area contributed by atoms with E-state index in [2.05, 4.69) is 10.4 Å². The average molecular weight is 416 g/mol. The molecule has 29 heavy (non-hydrogen) atoms. The highest BCUT2D eigenvalue weighted by Gasteiger charge is 2.21. The summed E-state index contributed by atoms with van der Waals surface area (Å²) in [6, 6.07) is 13.9. The number of carbonyl (C=O) groups excluding carboxylic acids is 2. The minimum absolute atomic E-state index is 0.0885. The first kappa shape index (κ1) is 20.3. The number of rotatable bonds is 6. The lowest BCUT2D eigenvalue weighted by atomic mass is 10.2. The van der Waals surface area contributed by atoms with E-state index >= 15 is 0 Å². The van der Waals surface area contributed by atoms with Gasteiger partial charge in [-0.25, -0.2) is 4.79 Å². The summed E-state index contributed by atoms with van der Waals surface area (Å²) in [5.41, 5.74) is 1.93. The van der Waals surface area contributed by atoms with Crippen molar-refractivity contribution >= 4 is 29.2 Å². The van der Waals surface area contributed by atoms with Crippen LogP contribution in [-0.4, -0.2) is 27.8 Å². The summed E-state index contributed by atoms with van der Waals surface area (Å²) in [6.07, 6.45) is -1.09. The molecule has 1 N–H and O–H groups in total. The maximum absolute atomic E-state index is 12.3. The van der Waals surface area contributed by atoms with Crippen LogP contribution >= 0.6 is 11.6 Å². The number of amides is 1. The fraction of sp³-hybridized carbons (Fsp3) is 0.200. The first-order valence-corrected chi connectivity index (χ1v) is 9.11. The summed E-state index contributed by atoms with van der Waals surface area (Å²) in [6.45, 7) is 2.75. The van der Waals surface area contributed by atoms with Crippen molar-refractivity contribution in [3.05, 3.63) is 69.7 Å². The van der Waals surface area contributed by atoms with Gasteiger partial charge in [0.1, 0.15) is 6.54 Å². The first-order valence-electron chi connectivity index (χ1n) is 8.73. The minimum Gasteiger partial charge on any atom is -0.451 e. The molecule has 0 aliphatic heterocycles. The Morgan fingerprint density at radius 1 is 1.24 bits per heavy atom. The van der Waals surface area contributed by atoms with Crippen LogP contribution in [0.5, 0.6) is 0 Å². The highest BCUT2D eigenvalue weighted by atomic mass is 35.5. The number of anilines is 1. The Labute approximate surface area is 171 Å². The third kappa shape index (κ3) is 5.11. The fourth-order valence-electron chi connectivity index (χ4n) is 2.48. The van der Waals surface area contributed by atoms with E-state index in [9.17, 15) is 14.4 Å². The summed E-state index contributed by atoms with van der Waals surface area (Å²) in [5.74, 6) is -2.04. The molecule has 0 aliphatic rings. The van der Waals surface area contributed by atoms with Crippen LogP contribution in [0.15, 0.2) is 57.7 Å². The Bertz CT molecular complexity index is 1090. The molecular formula is C20H18ClN3O5. The molecule has 0 aliphatic carbocycles. The number of hydrogen-bond acceptors (Lipinski definition) is 6. The number of hydrogen-bond donors (Lipinski definition) is 1. The van der Waals surface area contributed by atoms with Gasteiger partial charge in [0.05, 0.1) is 0 Å². The van der Waals surface area contributed by atoms with E-state index in [1.54, 1.807) is 42.5 Å². The van der Waals surface area contributed by atoms with Crippen LogP contribution in [0.1, 0.15) is 12.5 Å². The predicted molar refractivity (Wildman–Crippen MR) is 107 cm³/mol. The maximum Gasteiger partial charge on any atom is 0.437 e. The van der Waals surface area contributed by atoms with Gasteiger partial charge < -0.3 is 14.5 Å². The second kappa shape index (κ2) is 8.74. The van der Waals surface area contributed by atoms with E-state index in [1.165, 1.54) is 6.92 Å². The Balaban J connectivity index is 1.62. The molecule has 0 fully saturated rings. The zero-order chi connectivity index (χ0) is 21.0. The number of aromatic nitrogens is 2. The summed E-state index contributed by atoms with van der Waals surface area (Å²) >= 11 is 5.93. The second-order valence-electron chi connectivity index (χ2n) is 6.28. The van der Waals surface area contributed by atoms with Gasteiger partial charge in [0.15, 0.2) is 6.10 Å². The predicted octanol–water partition coefficient (Wildman–Crippen LogP) is 3.04. The summed E-state index contributed by atoms with van der Waals surface area (Å²) in [4.78, 5) is 36.3. The third-order valence-electron chi connectivity index (χ3n) is 4.04. The molecule has 0 saturated carbocycles. The third-order valence-corrected chi connectivity index (χ3v) is 4.28. The van der Waals surface area contributed by atoms with Gasteiger partial charge >= 0.3 is 11.7 Å². The van der Waals surface area contributed by atoms with Gasteiger partial charge in [-0.15, -0.1) is 5.10 Å². The highest BCUT2D eigenvalue weighted by molar-refractivity contribution is 6.31. The molecule has 1 aromatic heterocycles. The van der Waals surface area contributed by atoms with Crippen molar-refractivity contribution in [2.24, 2.45) is 0 Å². The van der Waals surface area contributed by atoms with E-state index in [4.69, 9.17) is 20.8 Å². The van der Waals surface area contributed by atoms with E-state index in [0.717, 1.165) is 10.2 Å². The molecule has 1 heterocycles.